The van der Waals surface area contributed by atoms with Crippen LogP contribution in [0.2, 0.25) is 0 Å². The molecule has 5 atom stereocenters. The van der Waals surface area contributed by atoms with Crippen LogP contribution < -0.4 is 4.74 Å². The van der Waals surface area contributed by atoms with Crippen LogP contribution in [-0.4, -0.2) is 55.9 Å². The fraction of sp³-hybridized carbons (Fsp3) is 0.708. The maximum atomic E-state index is 11.9. The number of aliphatic hydroxyl groups excluding tert-OH is 1. The van der Waals surface area contributed by atoms with Crippen LogP contribution >= 0.6 is 0 Å². The molecule has 3 unspecified atom stereocenters. The third-order valence-electron chi connectivity index (χ3n) is 8.15. The van der Waals surface area contributed by atoms with Gasteiger partial charge in [-0.3, -0.25) is 4.79 Å². The molecule has 0 bridgehead atoms. The molecule has 1 aromatic carbocycles. The highest BCUT2D eigenvalue weighted by Gasteiger charge is 2.56. The van der Waals surface area contributed by atoms with Crippen molar-refractivity contribution in [2.45, 2.75) is 57.4 Å². The molecule has 2 saturated carbocycles. The standard InChI is InChI=1S/C24H35NO4/c1-24-10-9-20-19-6-4-18(28-2)15-17(19)3-5-21(20)22(24)7-8-23(24)25(16-27)11-13-29-14-12-26/h4,6,15-16,20-23,26H,3,5,7-14H2,1-2H3/t20?,21?,22?,23-,24-/m0/s1. The van der Waals surface area contributed by atoms with Crippen molar-refractivity contribution in [3.05, 3.63) is 29.3 Å². The summed E-state index contributed by atoms with van der Waals surface area (Å²) < 4.78 is 10.9. The fourth-order valence-electron chi connectivity index (χ4n) is 6.82. The summed E-state index contributed by atoms with van der Waals surface area (Å²) in [4.78, 5) is 13.9. The van der Waals surface area contributed by atoms with E-state index < -0.39 is 0 Å². The number of amides is 1. The summed E-state index contributed by atoms with van der Waals surface area (Å²) in [6.45, 7) is 3.91. The van der Waals surface area contributed by atoms with Gasteiger partial charge in [0.15, 0.2) is 0 Å². The van der Waals surface area contributed by atoms with Crippen LogP contribution in [0.1, 0.15) is 56.1 Å². The molecule has 0 aliphatic heterocycles. The maximum absolute atomic E-state index is 11.9. The maximum Gasteiger partial charge on any atom is 0.210 e. The van der Waals surface area contributed by atoms with Crippen LogP contribution in [-0.2, 0) is 16.0 Å². The largest absolute Gasteiger partial charge is 0.497 e. The molecule has 3 aliphatic rings. The van der Waals surface area contributed by atoms with Crippen LogP contribution in [0.25, 0.3) is 0 Å². The summed E-state index contributed by atoms with van der Waals surface area (Å²) in [5.41, 5.74) is 3.21. The van der Waals surface area contributed by atoms with E-state index in [2.05, 4.69) is 25.1 Å². The second-order valence-corrected chi connectivity index (χ2v) is 9.30. The molecule has 1 amide bonds. The summed E-state index contributed by atoms with van der Waals surface area (Å²) in [5, 5.41) is 8.89. The Bertz CT molecular complexity index is 723. The number of fused-ring (bicyclic) bond motifs is 5. The molecule has 5 heteroatoms. The molecule has 0 spiro atoms. The minimum absolute atomic E-state index is 0.0285. The van der Waals surface area contributed by atoms with Gasteiger partial charge in [0, 0.05) is 12.6 Å². The first-order valence-electron chi connectivity index (χ1n) is 11.2. The van der Waals surface area contributed by atoms with E-state index in [1.807, 2.05) is 4.90 Å². The smallest absolute Gasteiger partial charge is 0.210 e. The van der Waals surface area contributed by atoms with Crippen LogP contribution in [0.15, 0.2) is 18.2 Å². The zero-order valence-corrected chi connectivity index (χ0v) is 17.8. The van der Waals surface area contributed by atoms with Gasteiger partial charge >= 0.3 is 0 Å². The first-order valence-corrected chi connectivity index (χ1v) is 11.2. The number of methoxy groups -OCH3 is 1. The Balaban J connectivity index is 1.50. The number of rotatable bonds is 8. The van der Waals surface area contributed by atoms with E-state index >= 15 is 0 Å². The van der Waals surface area contributed by atoms with E-state index in [9.17, 15) is 4.79 Å². The van der Waals surface area contributed by atoms with Gasteiger partial charge in [-0.1, -0.05) is 13.0 Å². The zero-order chi connectivity index (χ0) is 20.4. The van der Waals surface area contributed by atoms with Crippen molar-refractivity contribution in [1.29, 1.82) is 0 Å². The van der Waals surface area contributed by atoms with E-state index in [0.29, 0.717) is 37.6 Å². The monoisotopic (exact) mass is 401 g/mol. The molecule has 1 N–H and O–H groups in total. The summed E-state index contributed by atoms with van der Waals surface area (Å²) in [5.74, 6) is 3.02. The number of nitrogens with zero attached hydrogens (tertiary/aromatic N) is 1. The predicted molar refractivity (Wildman–Crippen MR) is 112 cm³/mol. The Morgan fingerprint density at radius 1 is 1.24 bits per heavy atom. The number of carbonyl (C=O) groups is 1. The summed E-state index contributed by atoms with van der Waals surface area (Å²) in [6.07, 6.45) is 8.11. The Hall–Kier alpha value is -1.59. The van der Waals surface area contributed by atoms with Gasteiger partial charge in [-0.25, -0.2) is 0 Å². The topological polar surface area (TPSA) is 59.0 Å². The van der Waals surface area contributed by atoms with Crippen LogP contribution in [0.4, 0.5) is 0 Å². The number of hydrogen-bond acceptors (Lipinski definition) is 4. The molecule has 29 heavy (non-hydrogen) atoms. The first-order chi connectivity index (χ1) is 14.1. The van der Waals surface area contributed by atoms with Crippen LogP contribution in [0.3, 0.4) is 0 Å². The number of aliphatic hydroxyl groups is 1. The quantitative estimate of drug-likeness (QED) is 0.536. The number of benzene rings is 1. The van der Waals surface area contributed by atoms with E-state index in [-0.39, 0.29) is 12.0 Å². The highest BCUT2D eigenvalue weighted by Crippen LogP contribution is 2.61. The predicted octanol–water partition coefficient (Wildman–Crippen LogP) is 3.39. The van der Waals surface area contributed by atoms with Crippen LogP contribution in [0.5, 0.6) is 5.75 Å². The van der Waals surface area contributed by atoms with Crippen LogP contribution in [0, 0.1) is 17.3 Å². The Labute approximate surface area is 174 Å². The molecule has 3 aliphatic carbocycles. The van der Waals surface area contributed by atoms with E-state index in [1.165, 1.54) is 36.8 Å². The van der Waals surface area contributed by atoms with Gasteiger partial charge in [0.05, 0.1) is 26.9 Å². The Morgan fingerprint density at radius 2 is 2.10 bits per heavy atom. The van der Waals surface area contributed by atoms with Gasteiger partial charge in [0.1, 0.15) is 5.75 Å². The molecule has 0 radical (unpaired) electrons. The lowest BCUT2D eigenvalue weighted by molar-refractivity contribution is -0.125. The normalized spacial score (nSPS) is 32.8. The minimum Gasteiger partial charge on any atom is -0.497 e. The van der Waals surface area contributed by atoms with Gasteiger partial charge < -0.3 is 19.5 Å². The second kappa shape index (κ2) is 8.65. The number of carbonyl (C=O) groups excluding carboxylic acids is 1. The van der Waals surface area contributed by atoms with Gasteiger partial charge in [0.25, 0.3) is 0 Å². The SMILES string of the molecule is COc1ccc2c(c1)CCC1C2CC[C@@]2(C)C1CC[C@@H]2N(C=O)CCOCCO. The lowest BCUT2D eigenvalue weighted by Crippen LogP contribution is -2.50. The van der Waals surface area contributed by atoms with Gasteiger partial charge in [-0.15, -0.1) is 0 Å². The lowest BCUT2D eigenvalue weighted by atomic mass is 9.55. The van der Waals surface area contributed by atoms with Crippen molar-refractivity contribution in [2.75, 3.05) is 33.5 Å². The van der Waals surface area contributed by atoms with E-state index in [4.69, 9.17) is 14.6 Å². The van der Waals surface area contributed by atoms with Crippen molar-refractivity contribution < 1.29 is 19.4 Å². The number of ether oxygens (including phenoxy) is 2. The van der Waals surface area contributed by atoms with Crippen molar-refractivity contribution in [1.82, 2.24) is 4.90 Å². The average molecular weight is 402 g/mol. The fourth-order valence-corrected chi connectivity index (χ4v) is 6.82. The molecule has 2 fully saturated rings. The minimum atomic E-state index is 0.0285. The third kappa shape index (κ3) is 3.68. The highest BCUT2D eigenvalue weighted by atomic mass is 16.5. The molecule has 0 saturated heterocycles. The van der Waals surface area contributed by atoms with Crippen molar-refractivity contribution >= 4 is 6.41 Å². The molecule has 0 heterocycles. The Morgan fingerprint density at radius 3 is 2.86 bits per heavy atom. The molecule has 0 aromatic heterocycles. The van der Waals surface area contributed by atoms with Crippen molar-refractivity contribution in [3.63, 3.8) is 0 Å². The van der Waals surface area contributed by atoms with Crippen molar-refractivity contribution in [2.24, 2.45) is 17.3 Å². The molecular formula is C24H35NO4. The zero-order valence-electron chi connectivity index (χ0n) is 17.8. The Kier molecular flexibility index (Phi) is 6.16. The molecular weight excluding hydrogens is 366 g/mol. The van der Waals surface area contributed by atoms with Gasteiger partial charge in [-0.05, 0) is 85.0 Å². The molecule has 1 aromatic rings. The number of aryl methyl sites for hydroxylation is 1. The third-order valence-corrected chi connectivity index (χ3v) is 8.15. The summed E-state index contributed by atoms with van der Waals surface area (Å²) >= 11 is 0. The lowest BCUT2D eigenvalue weighted by Gasteiger charge is -2.52. The van der Waals surface area contributed by atoms with E-state index in [0.717, 1.165) is 30.9 Å². The highest BCUT2D eigenvalue weighted by molar-refractivity contribution is 5.48. The van der Waals surface area contributed by atoms with Gasteiger partial charge in [0.2, 0.25) is 6.41 Å². The van der Waals surface area contributed by atoms with Crippen molar-refractivity contribution in [3.8, 4) is 5.75 Å². The number of hydrogen-bond donors (Lipinski definition) is 1. The molecule has 160 valence electrons. The van der Waals surface area contributed by atoms with E-state index in [1.54, 1.807) is 7.11 Å². The summed E-state index contributed by atoms with van der Waals surface area (Å²) in [6, 6.07) is 6.96. The second-order valence-electron chi connectivity index (χ2n) is 9.30. The molecule has 4 rings (SSSR count). The average Bonchev–Trinajstić information content (AvgIpc) is 3.10. The summed E-state index contributed by atoms with van der Waals surface area (Å²) in [7, 11) is 1.74. The van der Waals surface area contributed by atoms with Gasteiger partial charge in [-0.2, -0.15) is 0 Å². The molecule has 5 nitrogen and oxygen atoms in total. The first kappa shape index (κ1) is 20.7.